The molecule has 0 bridgehead atoms. The third kappa shape index (κ3) is 2.39. The SMILES string of the molecule is Cc1[nH]nc2c1[C@@H](c1ccc(C(F)(F)F)cc1)CC(=O)N2. The fourth-order valence-corrected chi connectivity index (χ4v) is 2.62. The van der Waals surface area contributed by atoms with Crippen molar-refractivity contribution in [1.29, 1.82) is 0 Å². The van der Waals surface area contributed by atoms with Gasteiger partial charge in [0.1, 0.15) is 0 Å². The molecule has 1 amide bonds. The van der Waals surface area contributed by atoms with Crippen LogP contribution < -0.4 is 5.32 Å². The molecule has 2 aromatic rings. The minimum absolute atomic E-state index is 0.193. The summed E-state index contributed by atoms with van der Waals surface area (Å²) >= 11 is 0. The number of benzene rings is 1. The largest absolute Gasteiger partial charge is 0.416 e. The van der Waals surface area contributed by atoms with Crippen molar-refractivity contribution in [2.75, 3.05) is 5.32 Å². The molecule has 4 nitrogen and oxygen atoms in total. The van der Waals surface area contributed by atoms with Crippen LogP contribution in [0.3, 0.4) is 0 Å². The van der Waals surface area contributed by atoms with Crippen LogP contribution in [0.5, 0.6) is 0 Å². The van der Waals surface area contributed by atoms with Gasteiger partial charge in [-0.1, -0.05) is 12.1 Å². The Morgan fingerprint density at radius 1 is 1.24 bits per heavy atom. The number of rotatable bonds is 1. The van der Waals surface area contributed by atoms with Gasteiger partial charge in [-0.2, -0.15) is 18.3 Å². The van der Waals surface area contributed by atoms with Gasteiger partial charge in [0.05, 0.1) is 5.56 Å². The zero-order valence-electron chi connectivity index (χ0n) is 11.1. The van der Waals surface area contributed by atoms with E-state index in [0.29, 0.717) is 11.4 Å². The minimum atomic E-state index is -4.36. The Hall–Kier alpha value is -2.31. The first-order valence-electron chi connectivity index (χ1n) is 6.38. The van der Waals surface area contributed by atoms with E-state index in [9.17, 15) is 18.0 Å². The number of carbonyl (C=O) groups excluding carboxylic acids is 1. The fourth-order valence-electron chi connectivity index (χ4n) is 2.62. The van der Waals surface area contributed by atoms with Crippen molar-refractivity contribution in [3.63, 3.8) is 0 Å². The summed E-state index contributed by atoms with van der Waals surface area (Å²) < 4.78 is 37.8. The average Bonchev–Trinajstić information content (AvgIpc) is 2.78. The van der Waals surface area contributed by atoms with Crippen LogP contribution in [0.25, 0.3) is 0 Å². The number of halogens is 3. The molecule has 0 fully saturated rings. The molecule has 21 heavy (non-hydrogen) atoms. The molecule has 1 atom stereocenters. The second-order valence-corrected chi connectivity index (χ2v) is 5.04. The lowest BCUT2D eigenvalue weighted by Gasteiger charge is -2.23. The molecule has 0 aliphatic carbocycles. The van der Waals surface area contributed by atoms with Crippen LogP contribution in [0.1, 0.15) is 34.7 Å². The molecular formula is C14H12F3N3O. The Morgan fingerprint density at radius 2 is 1.90 bits per heavy atom. The van der Waals surface area contributed by atoms with Gasteiger partial charge in [-0.3, -0.25) is 9.89 Å². The molecule has 1 aliphatic rings. The van der Waals surface area contributed by atoms with Crippen LogP contribution in [-0.4, -0.2) is 16.1 Å². The number of aryl methyl sites for hydroxylation is 1. The summed E-state index contributed by atoms with van der Waals surface area (Å²) in [6.45, 7) is 1.82. The topological polar surface area (TPSA) is 57.8 Å². The third-order valence-corrected chi connectivity index (χ3v) is 3.63. The van der Waals surface area contributed by atoms with Crippen molar-refractivity contribution in [1.82, 2.24) is 10.2 Å². The fraction of sp³-hybridized carbons (Fsp3) is 0.286. The highest BCUT2D eigenvalue weighted by Crippen LogP contribution is 2.38. The summed E-state index contributed by atoms with van der Waals surface area (Å²) in [5, 5.41) is 9.45. The number of carbonyl (C=O) groups is 1. The van der Waals surface area contributed by atoms with Crippen molar-refractivity contribution in [2.24, 2.45) is 0 Å². The Labute approximate surface area is 118 Å². The van der Waals surface area contributed by atoms with E-state index in [1.807, 2.05) is 6.92 Å². The van der Waals surface area contributed by atoms with Crippen molar-refractivity contribution in [3.8, 4) is 0 Å². The lowest BCUT2D eigenvalue weighted by atomic mass is 9.85. The maximum absolute atomic E-state index is 12.6. The van der Waals surface area contributed by atoms with Crippen molar-refractivity contribution in [2.45, 2.75) is 25.4 Å². The highest BCUT2D eigenvalue weighted by atomic mass is 19.4. The molecule has 0 spiro atoms. The van der Waals surface area contributed by atoms with Gasteiger partial charge >= 0.3 is 6.18 Å². The monoisotopic (exact) mass is 295 g/mol. The van der Waals surface area contributed by atoms with Crippen LogP contribution in [0.4, 0.5) is 19.0 Å². The van der Waals surface area contributed by atoms with Crippen LogP contribution in [0.2, 0.25) is 0 Å². The molecule has 0 radical (unpaired) electrons. The van der Waals surface area contributed by atoms with Crippen LogP contribution in [-0.2, 0) is 11.0 Å². The normalized spacial score (nSPS) is 18.3. The molecule has 1 aromatic carbocycles. The lowest BCUT2D eigenvalue weighted by molar-refractivity contribution is -0.137. The first-order valence-corrected chi connectivity index (χ1v) is 6.38. The number of amides is 1. The maximum atomic E-state index is 12.6. The summed E-state index contributed by atoms with van der Waals surface area (Å²) in [5.74, 6) is -0.0256. The summed E-state index contributed by atoms with van der Waals surface area (Å²) in [4.78, 5) is 11.7. The predicted octanol–water partition coefficient (Wildman–Crippen LogP) is 3.21. The lowest BCUT2D eigenvalue weighted by Crippen LogP contribution is -2.23. The molecule has 1 aliphatic heterocycles. The third-order valence-electron chi connectivity index (χ3n) is 3.63. The molecule has 7 heteroatoms. The van der Waals surface area contributed by atoms with Gasteiger partial charge in [0, 0.05) is 23.6 Å². The molecule has 0 saturated heterocycles. The van der Waals surface area contributed by atoms with E-state index in [-0.39, 0.29) is 18.2 Å². The molecule has 0 saturated carbocycles. The van der Waals surface area contributed by atoms with E-state index in [0.717, 1.165) is 23.4 Å². The predicted molar refractivity (Wildman–Crippen MR) is 69.9 cm³/mol. The van der Waals surface area contributed by atoms with E-state index in [2.05, 4.69) is 15.5 Å². The number of hydrogen-bond acceptors (Lipinski definition) is 2. The number of anilines is 1. The molecular weight excluding hydrogens is 283 g/mol. The van der Waals surface area contributed by atoms with Crippen molar-refractivity contribution in [3.05, 3.63) is 46.6 Å². The summed E-state index contributed by atoms with van der Waals surface area (Å²) in [7, 11) is 0. The number of aromatic amines is 1. The van der Waals surface area contributed by atoms with Gasteiger partial charge in [0.25, 0.3) is 0 Å². The van der Waals surface area contributed by atoms with Gasteiger partial charge < -0.3 is 5.32 Å². The average molecular weight is 295 g/mol. The number of H-pyrrole nitrogens is 1. The zero-order chi connectivity index (χ0) is 15.2. The molecule has 3 rings (SSSR count). The first kappa shape index (κ1) is 13.7. The second kappa shape index (κ2) is 4.61. The summed E-state index contributed by atoms with van der Waals surface area (Å²) in [6.07, 6.45) is -4.17. The smallest absolute Gasteiger partial charge is 0.309 e. The molecule has 1 aromatic heterocycles. The van der Waals surface area contributed by atoms with Gasteiger partial charge in [0.2, 0.25) is 5.91 Å². The summed E-state index contributed by atoms with van der Waals surface area (Å²) in [6, 6.07) is 4.92. The number of fused-ring (bicyclic) bond motifs is 1. The van der Waals surface area contributed by atoms with Crippen LogP contribution in [0, 0.1) is 6.92 Å². The van der Waals surface area contributed by atoms with Gasteiger partial charge in [-0.05, 0) is 24.6 Å². The Kier molecular flexibility index (Phi) is 3.00. The Bertz CT molecular complexity index is 688. The standard InChI is InChI=1S/C14H12F3N3O/c1-7-12-10(6-11(21)18-13(12)20-19-7)8-2-4-9(5-3-8)14(15,16)17/h2-5,10H,6H2,1H3,(H2,18,19,20,21)/t10-/m1/s1. The number of alkyl halides is 3. The van der Waals surface area contributed by atoms with E-state index >= 15 is 0 Å². The maximum Gasteiger partial charge on any atom is 0.416 e. The Morgan fingerprint density at radius 3 is 2.52 bits per heavy atom. The summed E-state index contributed by atoms with van der Waals surface area (Å²) in [5.41, 5.74) is 1.60. The van der Waals surface area contributed by atoms with Crippen molar-refractivity contribution < 1.29 is 18.0 Å². The van der Waals surface area contributed by atoms with Crippen molar-refractivity contribution >= 4 is 11.7 Å². The van der Waals surface area contributed by atoms with Gasteiger partial charge in [0.15, 0.2) is 5.82 Å². The second-order valence-electron chi connectivity index (χ2n) is 5.04. The van der Waals surface area contributed by atoms with E-state index in [1.54, 1.807) is 0 Å². The number of nitrogens with zero attached hydrogens (tertiary/aromatic N) is 1. The van der Waals surface area contributed by atoms with Crippen LogP contribution in [0.15, 0.2) is 24.3 Å². The highest BCUT2D eigenvalue weighted by molar-refractivity contribution is 5.94. The van der Waals surface area contributed by atoms with E-state index in [1.165, 1.54) is 12.1 Å². The van der Waals surface area contributed by atoms with Gasteiger partial charge in [-0.15, -0.1) is 0 Å². The van der Waals surface area contributed by atoms with Gasteiger partial charge in [-0.25, -0.2) is 0 Å². The zero-order valence-corrected chi connectivity index (χ0v) is 11.1. The molecule has 0 unspecified atom stereocenters. The number of hydrogen-bond donors (Lipinski definition) is 2. The molecule has 2 heterocycles. The molecule has 110 valence electrons. The minimum Gasteiger partial charge on any atom is -0.309 e. The van der Waals surface area contributed by atoms with Crippen LogP contribution >= 0.6 is 0 Å². The Balaban J connectivity index is 2.01. The number of nitrogens with one attached hydrogen (secondary N) is 2. The highest BCUT2D eigenvalue weighted by Gasteiger charge is 2.33. The number of aromatic nitrogens is 2. The first-order chi connectivity index (χ1) is 9.86. The van der Waals surface area contributed by atoms with E-state index < -0.39 is 11.7 Å². The molecule has 2 N–H and O–H groups in total. The quantitative estimate of drug-likeness (QED) is 0.848. The van der Waals surface area contributed by atoms with E-state index in [4.69, 9.17) is 0 Å².